The lowest BCUT2D eigenvalue weighted by Gasteiger charge is -2.20. The fraction of sp³-hybridized carbons (Fsp3) is 0.524. The van der Waals surface area contributed by atoms with E-state index in [2.05, 4.69) is 28.8 Å². The van der Waals surface area contributed by atoms with Gasteiger partial charge in [-0.2, -0.15) is 0 Å². The first kappa shape index (κ1) is 24.5. The molecule has 154 valence electrons. The van der Waals surface area contributed by atoms with Crippen molar-refractivity contribution >= 4 is 17.6 Å². The standard InChI is InChI=1S/C19H30N4O2.C2H6.H2/c1-8-10-15-12-21-17(20-9-2)16(15)14(4)23-13(3)11-22-18(24)25-19(5,6)7;1-2;/h8-9,12-13,20-21H,1-2,10-11H2,3-7H3,(H,22,24);1-2H3;1H. The Bertz CT molecular complexity index is 618. The highest BCUT2D eigenvalue weighted by molar-refractivity contribution is 6.04. The molecule has 1 aromatic rings. The van der Waals surface area contributed by atoms with Crippen LogP contribution < -0.4 is 10.6 Å². The molecule has 1 atom stereocenters. The molecule has 0 saturated carbocycles. The minimum absolute atomic E-state index is 0. The van der Waals surface area contributed by atoms with Gasteiger partial charge in [-0.3, -0.25) is 4.99 Å². The van der Waals surface area contributed by atoms with Gasteiger partial charge in [-0.1, -0.05) is 26.5 Å². The highest BCUT2D eigenvalue weighted by Crippen LogP contribution is 2.21. The van der Waals surface area contributed by atoms with Crippen LogP contribution in [0, 0.1) is 0 Å². The number of H-pyrrole nitrogens is 1. The summed E-state index contributed by atoms with van der Waals surface area (Å²) in [5, 5.41) is 5.83. The number of anilines is 1. The van der Waals surface area contributed by atoms with Crippen molar-refractivity contribution in [3.8, 4) is 0 Å². The Balaban J connectivity index is 0. The van der Waals surface area contributed by atoms with E-state index in [0.717, 1.165) is 29.1 Å². The third kappa shape index (κ3) is 9.13. The fourth-order valence-electron chi connectivity index (χ4n) is 2.40. The summed E-state index contributed by atoms with van der Waals surface area (Å²) < 4.78 is 5.23. The number of rotatable bonds is 8. The lowest BCUT2D eigenvalue weighted by Crippen LogP contribution is -2.35. The van der Waals surface area contributed by atoms with Crippen molar-refractivity contribution in [3.63, 3.8) is 0 Å². The maximum absolute atomic E-state index is 11.7. The summed E-state index contributed by atoms with van der Waals surface area (Å²) in [6, 6.07) is -0.0874. The summed E-state index contributed by atoms with van der Waals surface area (Å²) in [7, 11) is 0. The number of alkyl carbamates (subject to hydrolysis) is 1. The first-order valence-electron chi connectivity index (χ1n) is 9.38. The molecule has 27 heavy (non-hydrogen) atoms. The maximum Gasteiger partial charge on any atom is 0.407 e. The molecule has 0 aliphatic carbocycles. The minimum Gasteiger partial charge on any atom is -0.444 e. The third-order valence-corrected chi connectivity index (χ3v) is 3.29. The number of hydrogen-bond acceptors (Lipinski definition) is 4. The van der Waals surface area contributed by atoms with Crippen LogP contribution in [0.5, 0.6) is 0 Å². The zero-order chi connectivity index (χ0) is 21.0. The maximum atomic E-state index is 11.7. The van der Waals surface area contributed by atoms with Gasteiger partial charge in [-0.25, -0.2) is 4.79 Å². The van der Waals surface area contributed by atoms with Crippen molar-refractivity contribution in [2.24, 2.45) is 4.99 Å². The van der Waals surface area contributed by atoms with Gasteiger partial charge in [0, 0.05) is 25.4 Å². The smallest absolute Gasteiger partial charge is 0.407 e. The van der Waals surface area contributed by atoms with E-state index in [1.54, 1.807) is 6.20 Å². The van der Waals surface area contributed by atoms with Gasteiger partial charge in [0.25, 0.3) is 0 Å². The molecule has 0 radical (unpaired) electrons. The van der Waals surface area contributed by atoms with E-state index in [0.29, 0.717) is 6.54 Å². The van der Waals surface area contributed by atoms with Gasteiger partial charge in [-0.15, -0.1) is 6.58 Å². The summed E-state index contributed by atoms with van der Waals surface area (Å²) in [5.41, 5.74) is 2.47. The van der Waals surface area contributed by atoms with Crippen LogP contribution in [0.25, 0.3) is 0 Å². The largest absolute Gasteiger partial charge is 0.444 e. The fourth-order valence-corrected chi connectivity index (χ4v) is 2.40. The van der Waals surface area contributed by atoms with E-state index < -0.39 is 11.7 Å². The average Bonchev–Trinajstić information content (AvgIpc) is 2.97. The number of nitrogens with zero attached hydrogens (tertiary/aromatic N) is 1. The summed E-state index contributed by atoms with van der Waals surface area (Å²) in [5.74, 6) is 0.848. The van der Waals surface area contributed by atoms with Gasteiger partial charge in [0.15, 0.2) is 0 Å². The molecule has 3 N–H and O–H groups in total. The lowest BCUT2D eigenvalue weighted by atomic mass is 10.1. The molecule has 1 unspecified atom stereocenters. The molecule has 0 aliphatic heterocycles. The monoisotopic (exact) mass is 378 g/mol. The topological polar surface area (TPSA) is 78.5 Å². The van der Waals surface area contributed by atoms with Gasteiger partial charge in [0.1, 0.15) is 11.4 Å². The SMILES string of the molecule is C=CCc1c[nH]c(NC=C)c1C(C)=NC(C)CNC(=O)OC(C)(C)C.CC.[HH]. The number of hydrogen-bond donors (Lipinski definition) is 3. The van der Waals surface area contributed by atoms with Gasteiger partial charge < -0.3 is 20.4 Å². The molecule has 1 amide bonds. The summed E-state index contributed by atoms with van der Waals surface area (Å²) >= 11 is 0. The molecular formula is C21H38N4O2. The first-order valence-corrected chi connectivity index (χ1v) is 9.38. The van der Waals surface area contributed by atoms with E-state index in [1.165, 1.54) is 0 Å². The molecule has 1 rings (SSSR count). The highest BCUT2D eigenvalue weighted by Gasteiger charge is 2.17. The molecular weight excluding hydrogens is 340 g/mol. The molecule has 0 saturated heterocycles. The Hall–Kier alpha value is -2.50. The number of carbonyl (C=O) groups excluding carboxylic acids is 1. The summed E-state index contributed by atoms with van der Waals surface area (Å²) in [4.78, 5) is 19.6. The highest BCUT2D eigenvalue weighted by atomic mass is 16.6. The first-order chi connectivity index (χ1) is 12.7. The molecule has 6 nitrogen and oxygen atoms in total. The second kappa shape index (κ2) is 12.0. The van der Waals surface area contributed by atoms with E-state index in [-0.39, 0.29) is 7.47 Å². The number of aromatic amines is 1. The van der Waals surface area contributed by atoms with Crippen molar-refractivity contribution in [2.45, 2.75) is 66.5 Å². The van der Waals surface area contributed by atoms with Crippen molar-refractivity contribution in [2.75, 3.05) is 11.9 Å². The van der Waals surface area contributed by atoms with Crippen LogP contribution >= 0.6 is 0 Å². The van der Waals surface area contributed by atoms with Crippen LogP contribution in [0.2, 0.25) is 0 Å². The van der Waals surface area contributed by atoms with E-state index in [9.17, 15) is 4.79 Å². The normalized spacial score (nSPS) is 12.3. The number of carbonyl (C=O) groups is 1. The minimum atomic E-state index is -0.511. The molecule has 6 heteroatoms. The molecule has 0 aliphatic rings. The van der Waals surface area contributed by atoms with Crippen LogP contribution in [0.15, 0.2) is 36.6 Å². The van der Waals surface area contributed by atoms with E-state index in [4.69, 9.17) is 9.73 Å². The quantitative estimate of drug-likeness (QED) is 0.424. The van der Waals surface area contributed by atoms with Crippen molar-refractivity contribution in [1.29, 1.82) is 0 Å². The Labute approximate surface area is 165 Å². The predicted molar refractivity (Wildman–Crippen MR) is 118 cm³/mol. The van der Waals surface area contributed by atoms with Crippen LogP contribution in [0.4, 0.5) is 10.6 Å². The number of aromatic nitrogens is 1. The summed E-state index contributed by atoms with van der Waals surface area (Å²) in [6.45, 7) is 21.3. The Morgan fingerprint density at radius 2 is 2.04 bits per heavy atom. The van der Waals surface area contributed by atoms with Crippen LogP contribution in [0.1, 0.15) is 61.0 Å². The number of nitrogens with one attached hydrogen (secondary N) is 3. The number of aliphatic imine (C=N–C) groups is 1. The van der Waals surface area contributed by atoms with Crippen LogP contribution in [0.3, 0.4) is 0 Å². The third-order valence-electron chi connectivity index (χ3n) is 3.29. The molecule has 1 heterocycles. The van der Waals surface area contributed by atoms with Crippen molar-refractivity contribution in [1.82, 2.24) is 10.3 Å². The van der Waals surface area contributed by atoms with Gasteiger partial charge in [0.05, 0.1) is 6.04 Å². The molecule has 1 aromatic heterocycles. The predicted octanol–water partition coefficient (Wildman–Crippen LogP) is 5.29. The second-order valence-electron chi connectivity index (χ2n) is 6.85. The van der Waals surface area contributed by atoms with Crippen LogP contribution in [-0.2, 0) is 11.2 Å². The Morgan fingerprint density at radius 3 is 2.56 bits per heavy atom. The molecule has 0 bridgehead atoms. The number of ether oxygens (including phenoxy) is 1. The van der Waals surface area contributed by atoms with Crippen molar-refractivity contribution in [3.05, 3.63) is 42.8 Å². The average molecular weight is 379 g/mol. The Kier molecular flexibility index (Phi) is 10.9. The lowest BCUT2D eigenvalue weighted by molar-refractivity contribution is 0.0525. The zero-order valence-electron chi connectivity index (χ0n) is 17.9. The number of amides is 1. The van der Waals surface area contributed by atoms with Crippen LogP contribution in [-0.4, -0.2) is 35.0 Å². The van der Waals surface area contributed by atoms with E-state index in [1.807, 2.05) is 60.7 Å². The Morgan fingerprint density at radius 1 is 1.41 bits per heavy atom. The van der Waals surface area contributed by atoms with Crippen molar-refractivity contribution < 1.29 is 11.0 Å². The molecule has 0 fully saturated rings. The second-order valence-corrected chi connectivity index (χ2v) is 6.85. The van der Waals surface area contributed by atoms with E-state index >= 15 is 0 Å². The molecule has 0 aromatic carbocycles. The molecule has 0 spiro atoms. The number of allylic oxidation sites excluding steroid dienone is 1. The summed E-state index contributed by atoms with van der Waals surface area (Å²) in [6.07, 6.45) is 5.71. The van der Waals surface area contributed by atoms with Gasteiger partial charge in [0.2, 0.25) is 0 Å². The van der Waals surface area contributed by atoms with Gasteiger partial charge >= 0.3 is 6.09 Å². The zero-order valence-corrected chi connectivity index (χ0v) is 17.9. The van der Waals surface area contributed by atoms with Gasteiger partial charge in [-0.05, 0) is 52.8 Å².